The maximum absolute atomic E-state index is 12.9. The number of hydrogen-bond acceptors (Lipinski definition) is 3. The van der Waals surface area contributed by atoms with E-state index >= 15 is 0 Å². The highest BCUT2D eigenvalue weighted by Gasteiger charge is 2.31. The van der Waals surface area contributed by atoms with E-state index in [1.807, 2.05) is 30.3 Å². The number of piperazine rings is 1. The number of hydrogen-bond donors (Lipinski definition) is 0. The van der Waals surface area contributed by atoms with Gasteiger partial charge in [0.15, 0.2) is 0 Å². The summed E-state index contributed by atoms with van der Waals surface area (Å²) in [6, 6.07) is 13.0. The van der Waals surface area contributed by atoms with Gasteiger partial charge in [-0.05, 0) is 23.8 Å². The molecule has 0 aliphatic carbocycles. The third kappa shape index (κ3) is 4.45. The van der Waals surface area contributed by atoms with Crippen LogP contribution in [0.3, 0.4) is 0 Å². The molecule has 0 saturated carbocycles. The van der Waals surface area contributed by atoms with E-state index in [4.69, 9.17) is 4.74 Å². The van der Waals surface area contributed by atoms with Gasteiger partial charge in [-0.1, -0.05) is 36.4 Å². The van der Waals surface area contributed by atoms with Crippen LogP contribution < -0.4 is 4.74 Å². The highest BCUT2D eigenvalue weighted by atomic mass is 19.4. The molecule has 7 heteroatoms. The van der Waals surface area contributed by atoms with Crippen LogP contribution in [0.2, 0.25) is 0 Å². The molecule has 0 aromatic heterocycles. The molecule has 0 atom stereocenters. The average molecular weight is 402 g/mol. The van der Waals surface area contributed by atoms with Crippen molar-refractivity contribution in [2.75, 3.05) is 32.8 Å². The van der Waals surface area contributed by atoms with Crippen LogP contribution in [0, 0.1) is 0 Å². The molecule has 2 aromatic rings. The van der Waals surface area contributed by atoms with Gasteiger partial charge in [-0.3, -0.25) is 9.69 Å². The van der Waals surface area contributed by atoms with Crippen LogP contribution in [-0.2, 0) is 17.5 Å². The minimum Gasteiger partial charge on any atom is -0.488 e. The molecule has 2 aromatic carbocycles. The predicted molar refractivity (Wildman–Crippen MR) is 103 cm³/mol. The van der Waals surface area contributed by atoms with Gasteiger partial charge in [0.05, 0.1) is 11.1 Å². The summed E-state index contributed by atoms with van der Waals surface area (Å²) in [6.45, 7) is 3.00. The van der Waals surface area contributed by atoms with Gasteiger partial charge in [0.25, 0.3) is 5.91 Å². The summed E-state index contributed by atoms with van der Waals surface area (Å²) in [6.07, 6.45) is -2.47. The Bertz CT molecular complexity index is 932. The van der Waals surface area contributed by atoms with Crippen molar-refractivity contribution >= 4 is 12.0 Å². The lowest BCUT2D eigenvalue weighted by Gasteiger charge is -2.35. The van der Waals surface area contributed by atoms with Crippen LogP contribution >= 0.6 is 0 Å². The van der Waals surface area contributed by atoms with Gasteiger partial charge in [-0.15, -0.1) is 0 Å². The molecule has 0 radical (unpaired) electrons. The number of carbonyl (C=O) groups is 1. The van der Waals surface area contributed by atoms with E-state index < -0.39 is 11.7 Å². The zero-order valence-corrected chi connectivity index (χ0v) is 15.8. The molecular formula is C22H21F3N2O2. The zero-order chi connectivity index (χ0) is 20.4. The minimum absolute atomic E-state index is 0.0433. The van der Waals surface area contributed by atoms with Crippen molar-refractivity contribution in [3.63, 3.8) is 0 Å². The number of rotatable bonds is 3. The van der Waals surface area contributed by atoms with Crippen molar-refractivity contribution in [1.29, 1.82) is 0 Å². The summed E-state index contributed by atoms with van der Waals surface area (Å²) >= 11 is 0. The number of alkyl halides is 3. The molecule has 0 spiro atoms. The van der Waals surface area contributed by atoms with Crippen molar-refractivity contribution in [3.05, 3.63) is 70.8 Å². The molecule has 0 unspecified atom stereocenters. The monoisotopic (exact) mass is 402 g/mol. The standard InChI is InChI=1S/C22H21F3N2O2/c23-22(24,25)19-6-3-4-16(12-19)14-26-8-10-27(11-9-26)21(28)18-13-17-5-1-2-7-20(17)29-15-18/h1-7,12-13H,8-11,14-15H2. The first-order valence-electron chi connectivity index (χ1n) is 9.50. The molecule has 0 N–H and O–H groups in total. The van der Waals surface area contributed by atoms with Gasteiger partial charge >= 0.3 is 6.18 Å². The SMILES string of the molecule is O=C(C1=Cc2ccccc2OC1)N1CCN(Cc2cccc(C(F)(F)F)c2)CC1. The zero-order valence-electron chi connectivity index (χ0n) is 15.8. The fraction of sp³-hybridized carbons (Fsp3) is 0.318. The minimum atomic E-state index is -4.34. The van der Waals surface area contributed by atoms with Crippen LogP contribution in [0.1, 0.15) is 16.7 Å². The first-order chi connectivity index (χ1) is 13.9. The second-order valence-corrected chi connectivity index (χ2v) is 7.26. The summed E-state index contributed by atoms with van der Waals surface area (Å²) in [5, 5.41) is 0. The van der Waals surface area contributed by atoms with E-state index in [0.29, 0.717) is 43.9 Å². The Labute approximate surface area is 167 Å². The number of fused-ring (bicyclic) bond motifs is 1. The Morgan fingerprint density at radius 3 is 2.52 bits per heavy atom. The molecular weight excluding hydrogens is 381 g/mol. The molecule has 4 nitrogen and oxygen atoms in total. The molecule has 2 aliphatic heterocycles. The Balaban J connectivity index is 1.35. The van der Waals surface area contributed by atoms with E-state index in [1.54, 1.807) is 11.0 Å². The number of nitrogens with zero attached hydrogens (tertiary/aromatic N) is 2. The summed E-state index contributed by atoms with van der Waals surface area (Å²) in [4.78, 5) is 16.7. The van der Waals surface area contributed by atoms with E-state index in [-0.39, 0.29) is 12.5 Å². The lowest BCUT2D eigenvalue weighted by molar-refractivity contribution is -0.137. The van der Waals surface area contributed by atoms with E-state index in [2.05, 4.69) is 4.90 Å². The summed E-state index contributed by atoms with van der Waals surface area (Å²) in [5.41, 5.74) is 1.51. The number of halogens is 3. The van der Waals surface area contributed by atoms with Crippen LogP contribution in [0.4, 0.5) is 13.2 Å². The van der Waals surface area contributed by atoms with Crippen LogP contribution in [0.25, 0.3) is 6.08 Å². The van der Waals surface area contributed by atoms with Crippen molar-refractivity contribution < 1.29 is 22.7 Å². The van der Waals surface area contributed by atoms with Gasteiger partial charge < -0.3 is 9.64 Å². The molecule has 2 aliphatic rings. The third-order valence-electron chi connectivity index (χ3n) is 5.23. The maximum Gasteiger partial charge on any atom is 0.416 e. The second-order valence-electron chi connectivity index (χ2n) is 7.26. The summed E-state index contributed by atoms with van der Waals surface area (Å²) < 4.78 is 44.3. The van der Waals surface area contributed by atoms with Gasteiger partial charge in [-0.2, -0.15) is 13.2 Å². The summed E-state index contributed by atoms with van der Waals surface area (Å²) in [7, 11) is 0. The average Bonchev–Trinajstić information content (AvgIpc) is 2.73. The molecule has 4 rings (SSSR count). The molecule has 1 amide bonds. The Morgan fingerprint density at radius 1 is 1.00 bits per heavy atom. The van der Waals surface area contributed by atoms with Crippen molar-refractivity contribution in [3.8, 4) is 5.75 Å². The fourth-order valence-corrected chi connectivity index (χ4v) is 3.66. The maximum atomic E-state index is 12.9. The summed E-state index contributed by atoms with van der Waals surface area (Å²) in [5.74, 6) is 0.730. The molecule has 1 fully saturated rings. The van der Waals surface area contributed by atoms with Crippen LogP contribution in [0.15, 0.2) is 54.1 Å². The number of para-hydroxylation sites is 1. The first-order valence-corrected chi connectivity index (χ1v) is 9.50. The van der Waals surface area contributed by atoms with E-state index in [1.165, 1.54) is 12.1 Å². The Morgan fingerprint density at radius 2 is 1.76 bits per heavy atom. The van der Waals surface area contributed by atoms with Gasteiger partial charge in [0.1, 0.15) is 12.4 Å². The normalized spacial score (nSPS) is 17.3. The molecule has 2 heterocycles. The lowest BCUT2D eigenvalue weighted by Crippen LogP contribution is -2.49. The third-order valence-corrected chi connectivity index (χ3v) is 5.23. The number of ether oxygens (including phenoxy) is 1. The topological polar surface area (TPSA) is 32.8 Å². The Hall–Kier alpha value is -2.80. The molecule has 1 saturated heterocycles. The van der Waals surface area contributed by atoms with E-state index in [0.717, 1.165) is 17.4 Å². The van der Waals surface area contributed by atoms with Crippen LogP contribution in [-0.4, -0.2) is 48.5 Å². The number of carbonyl (C=O) groups excluding carboxylic acids is 1. The molecule has 152 valence electrons. The quantitative estimate of drug-likeness (QED) is 0.783. The Kier molecular flexibility index (Phi) is 5.32. The van der Waals surface area contributed by atoms with Crippen molar-refractivity contribution in [2.45, 2.75) is 12.7 Å². The molecule has 29 heavy (non-hydrogen) atoms. The highest BCUT2D eigenvalue weighted by Crippen LogP contribution is 2.30. The number of amides is 1. The second kappa shape index (κ2) is 7.91. The smallest absolute Gasteiger partial charge is 0.416 e. The predicted octanol–water partition coefficient (Wildman–Crippen LogP) is 3.83. The van der Waals surface area contributed by atoms with E-state index in [9.17, 15) is 18.0 Å². The fourth-order valence-electron chi connectivity index (χ4n) is 3.66. The lowest BCUT2D eigenvalue weighted by atomic mass is 10.1. The number of benzene rings is 2. The first kappa shape index (κ1) is 19.5. The van der Waals surface area contributed by atoms with Crippen LogP contribution in [0.5, 0.6) is 5.75 Å². The van der Waals surface area contributed by atoms with Gasteiger partial charge in [0, 0.05) is 38.3 Å². The van der Waals surface area contributed by atoms with Gasteiger partial charge in [0.2, 0.25) is 0 Å². The van der Waals surface area contributed by atoms with Crippen molar-refractivity contribution in [1.82, 2.24) is 9.80 Å². The largest absolute Gasteiger partial charge is 0.488 e. The van der Waals surface area contributed by atoms with Gasteiger partial charge in [-0.25, -0.2) is 0 Å². The molecule has 0 bridgehead atoms. The van der Waals surface area contributed by atoms with Crippen molar-refractivity contribution in [2.24, 2.45) is 0 Å². The highest BCUT2D eigenvalue weighted by molar-refractivity contribution is 5.99.